The minimum absolute atomic E-state index is 0.0416. The van der Waals surface area contributed by atoms with E-state index in [1.54, 1.807) is 24.3 Å². The molecule has 11 heteroatoms. The first-order chi connectivity index (χ1) is 13.8. The Hall–Kier alpha value is -3.18. The van der Waals surface area contributed by atoms with E-state index in [1.807, 2.05) is 0 Å². The summed E-state index contributed by atoms with van der Waals surface area (Å²) in [5.41, 5.74) is 0.0926. The van der Waals surface area contributed by atoms with Gasteiger partial charge in [0.15, 0.2) is 4.90 Å². The fourth-order valence-electron chi connectivity index (χ4n) is 3.00. The summed E-state index contributed by atoms with van der Waals surface area (Å²) in [4.78, 5) is 24.0. The first kappa shape index (κ1) is 20.6. The lowest BCUT2D eigenvalue weighted by atomic mass is 10.3. The van der Waals surface area contributed by atoms with Crippen molar-refractivity contribution >= 4 is 27.4 Å². The van der Waals surface area contributed by atoms with Crippen LogP contribution >= 0.6 is 0 Å². The number of nitro groups is 1. The molecule has 1 saturated heterocycles. The number of benzene rings is 2. The molecule has 0 aliphatic carbocycles. The van der Waals surface area contributed by atoms with Gasteiger partial charge in [0, 0.05) is 44.0 Å². The van der Waals surface area contributed by atoms with E-state index in [4.69, 9.17) is 4.74 Å². The minimum Gasteiger partial charge on any atom is -0.497 e. The van der Waals surface area contributed by atoms with Crippen LogP contribution in [0.4, 0.5) is 16.2 Å². The normalized spacial score (nSPS) is 15.0. The summed E-state index contributed by atoms with van der Waals surface area (Å²) in [6.07, 6.45) is 0. The molecule has 29 heavy (non-hydrogen) atoms. The molecule has 0 atom stereocenters. The zero-order valence-corrected chi connectivity index (χ0v) is 16.5. The summed E-state index contributed by atoms with van der Waals surface area (Å²) in [5.74, 6) is 0.600. The largest absolute Gasteiger partial charge is 0.497 e. The predicted octanol–water partition coefficient (Wildman–Crippen LogP) is 2.14. The van der Waals surface area contributed by atoms with E-state index in [9.17, 15) is 23.3 Å². The summed E-state index contributed by atoms with van der Waals surface area (Å²) >= 11 is 0. The van der Waals surface area contributed by atoms with Crippen molar-refractivity contribution in [2.45, 2.75) is 4.90 Å². The number of rotatable bonds is 5. The summed E-state index contributed by atoms with van der Waals surface area (Å²) in [6, 6.07) is 11.8. The van der Waals surface area contributed by atoms with E-state index < -0.39 is 20.6 Å². The van der Waals surface area contributed by atoms with Gasteiger partial charge in [-0.2, -0.15) is 4.31 Å². The van der Waals surface area contributed by atoms with Gasteiger partial charge in [-0.25, -0.2) is 13.2 Å². The molecule has 10 nitrogen and oxygen atoms in total. The first-order valence-electron chi connectivity index (χ1n) is 8.76. The van der Waals surface area contributed by atoms with Gasteiger partial charge < -0.3 is 15.0 Å². The van der Waals surface area contributed by atoms with Crippen molar-refractivity contribution in [1.29, 1.82) is 0 Å². The Morgan fingerprint density at radius 2 is 1.79 bits per heavy atom. The molecule has 0 radical (unpaired) electrons. The van der Waals surface area contributed by atoms with Gasteiger partial charge in [-0.3, -0.25) is 10.1 Å². The highest BCUT2D eigenvalue weighted by Crippen LogP contribution is 2.27. The topological polar surface area (TPSA) is 122 Å². The number of piperazine rings is 1. The zero-order chi connectivity index (χ0) is 21.0. The van der Waals surface area contributed by atoms with Crippen molar-refractivity contribution in [1.82, 2.24) is 9.21 Å². The van der Waals surface area contributed by atoms with E-state index in [1.165, 1.54) is 30.2 Å². The maximum atomic E-state index is 12.8. The summed E-state index contributed by atoms with van der Waals surface area (Å²) in [7, 11) is -2.51. The van der Waals surface area contributed by atoms with Gasteiger partial charge in [0.25, 0.3) is 5.69 Å². The number of carbonyl (C=O) groups excluding carboxylic acids is 1. The molecular formula is C18H20N4O6S. The Morgan fingerprint density at radius 3 is 2.45 bits per heavy atom. The number of para-hydroxylation sites is 1. The van der Waals surface area contributed by atoms with E-state index in [-0.39, 0.29) is 37.1 Å². The number of nitrogens with zero attached hydrogens (tertiary/aromatic N) is 3. The van der Waals surface area contributed by atoms with Gasteiger partial charge in [0.1, 0.15) is 5.75 Å². The number of ether oxygens (including phenoxy) is 1. The average Bonchev–Trinajstić information content (AvgIpc) is 2.74. The lowest BCUT2D eigenvalue weighted by molar-refractivity contribution is -0.387. The standard InChI is InChI=1S/C18H20N4O6S/c1-28-15-6-4-5-14(13-15)19-18(23)20-9-11-21(12-10-20)29(26,27)17-8-3-2-7-16(17)22(24)25/h2-8,13H,9-12H2,1H3,(H,19,23). The molecule has 1 aliphatic heterocycles. The van der Waals surface area contributed by atoms with Gasteiger partial charge in [-0.05, 0) is 18.2 Å². The number of amides is 2. The third kappa shape index (κ3) is 4.46. The molecule has 1 aliphatic rings. The number of sulfonamides is 1. The Balaban J connectivity index is 1.67. The molecule has 3 rings (SSSR count). The summed E-state index contributed by atoms with van der Waals surface area (Å²) in [6.45, 7) is 0.408. The Kier molecular flexibility index (Phi) is 5.99. The quantitative estimate of drug-likeness (QED) is 0.584. The summed E-state index contributed by atoms with van der Waals surface area (Å²) in [5, 5.41) is 13.9. The lowest BCUT2D eigenvalue weighted by Gasteiger charge is -2.33. The van der Waals surface area contributed by atoms with Crippen LogP contribution < -0.4 is 10.1 Å². The van der Waals surface area contributed by atoms with E-state index in [2.05, 4.69) is 5.32 Å². The maximum absolute atomic E-state index is 12.8. The van der Waals surface area contributed by atoms with Crippen LogP contribution in [0.2, 0.25) is 0 Å². The number of anilines is 1. The Morgan fingerprint density at radius 1 is 1.10 bits per heavy atom. The van der Waals surface area contributed by atoms with Crippen molar-refractivity contribution in [3.05, 3.63) is 58.6 Å². The van der Waals surface area contributed by atoms with Gasteiger partial charge >= 0.3 is 6.03 Å². The molecule has 1 fully saturated rings. The smallest absolute Gasteiger partial charge is 0.321 e. The lowest BCUT2D eigenvalue weighted by Crippen LogP contribution is -2.51. The van der Waals surface area contributed by atoms with Crippen molar-refractivity contribution < 1.29 is 22.9 Å². The molecule has 1 heterocycles. The zero-order valence-electron chi connectivity index (χ0n) is 15.6. The van der Waals surface area contributed by atoms with Crippen LogP contribution in [-0.2, 0) is 10.0 Å². The van der Waals surface area contributed by atoms with Crippen LogP contribution in [0.1, 0.15) is 0 Å². The van der Waals surface area contributed by atoms with Crippen LogP contribution in [0.3, 0.4) is 0 Å². The van der Waals surface area contributed by atoms with Crippen LogP contribution in [0, 0.1) is 10.1 Å². The maximum Gasteiger partial charge on any atom is 0.321 e. The highest BCUT2D eigenvalue weighted by molar-refractivity contribution is 7.89. The molecule has 2 aromatic carbocycles. The minimum atomic E-state index is -4.04. The first-order valence-corrected chi connectivity index (χ1v) is 10.2. The number of methoxy groups -OCH3 is 1. The number of hydrogen-bond donors (Lipinski definition) is 1. The van der Waals surface area contributed by atoms with Crippen LogP contribution in [0.5, 0.6) is 5.75 Å². The number of hydrogen-bond acceptors (Lipinski definition) is 6. The molecule has 0 spiro atoms. The molecule has 0 unspecified atom stereocenters. The third-order valence-corrected chi connectivity index (χ3v) is 6.47. The van der Waals surface area contributed by atoms with Crippen LogP contribution in [0.25, 0.3) is 0 Å². The molecule has 0 aromatic heterocycles. The predicted molar refractivity (Wildman–Crippen MR) is 105 cm³/mol. The van der Waals surface area contributed by atoms with Crippen LogP contribution in [0.15, 0.2) is 53.4 Å². The van der Waals surface area contributed by atoms with Crippen LogP contribution in [-0.4, -0.2) is 61.9 Å². The molecule has 154 valence electrons. The van der Waals surface area contributed by atoms with E-state index in [0.29, 0.717) is 11.4 Å². The fourth-order valence-corrected chi connectivity index (χ4v) is 4.58. The van der Waals surface area contributed by atoms with Gasteiger partial charge in [-0.15, -0.1) is 0 Å². The molecule has 0 bridgehead atoms. The van der Waals surface area contributed by atoms with E-state index in [0.717, 1.165) is 10.4 Å². The monoisotopic (exact) mass is 420 g/mol. The SMILES string of the molecule is COc1cccc(NC(=O)N2CCN(S(=O)(=O)c3ccccc3[N+](=O)[O-])CC2)c1. The second-order valence-corrected chi connectivity index (χ2v) is 8.18. The van der Waals surface area contributed by atoms with Gasteiger partial charge in [0.05, 0.1) is 12.0 Å². The second kappa shape index (κ2) is 8.45. The molecule has 2 amide bonds. The average molecular weight is 420 g/mol. The highest BCUT2D eigenvalue weighted by atomic mass is 32.2. The second-order valence-electron chi connectivity index (χ2n) is 6.28. The molecule has 0 saturated carbocycles. The van der Waals surface area contributed by atoms with Crippen molar-refractivity contribution in [3.8, 4) is 5.75 Å². The third-order valence-electron chi connectivity index (χ3n) is 4.53. The number of carbonyl (C=O) groups is 1. The highest BCUT2D eigenvalue weighted by Gasteiger charge is 2.34. The number of urea groups is 1. The molecular weight excluding hydrogens is 400 g/mol. The van der Waals surface area contributed by atoms with Gasteiger partial charge in [0.2, 0.25) is 10.0 Å². The summed E-state index contributed by atoms with van der Waals surface area (Å²) < 4.78 is 32.0. The van der Waals surface area contributed by atoms with Crippen molar-refractivity contribution in [2.24, 2.45) is 0 Å². The number of nitro benzene ring substituents is 1. The Bertz CT molecular complexity index is 1020. The molecule has 2 aromatic rings. The van der Waals surface area contributed by atoms with Gasteiger partial charge in [-0.1, -0.05) is 18.2 Å². The number of nitrogens with one attached hydrogen (secondary N) is 1. The van der Waals surface area contributed by atoms with E-state index >= 15 is 0 Å². The Labute approximate surface area is 167 Å². The van der Waals surface area contributed by atoms with Crippen molar-refractivity contribution in [2.75, 3.05) is 38.6 Å². The molecule has 1 N–H and O–H groups in total. The van der Waals surface area contributed by atoms with Crippen molar-refractivity contribution in [3.63, 3.8) is 0 Å². The fraction of sp³-hybridized carbons (Fsp3) is 0.278.